The average molecular weight is 235 g/mol. The first-order chi connectivity index (χ1) is 8.20. The molecule has 3 fully saturated rings. The van der Waals surface area contributed by atoms with Gasteiger partial charge in [-0.15, -0.1) is 0 Å². The Bertz CT molecular complexity index is 376. The number of carbonyl (C=O) groups is 1. The highest BCUT2D eigenvalue weighted by molar-refractivity contribution is 5.83. The van der Waals surface area contributed by atoms with Crippen molar-refractivity contribution in [2.45, 2.75) is 49.9 Å². The lowest BCUT2D eigenvalue weighted by atomic mass is 9.97. The van der Waals surface area contributed by atoms with Crippen molar-refractivity contribution in [1.29, 1.82) is 5.26 Å². The van der Waals surface area contributed by atoms with Gasteiger partial charge in [-0.05, 0) is 31.6 Å². The molecule has 0 spiro atoms. The molecule has 5 heteroatoms. The molecule has 0 radical (unpaired) electrons. The maximum Gasteiger partial charge on any atom is 0.241 e. The fourth-order valence-electron chi connectivity index (χ4n) is 3.49. The molecule has 3 rings (SSSR count). The first-order valence-corrected chi connectivity index (χ1v) is 6.35. The molecule has 2 bridgehead atoms. The van der Waals surface area contributed by atoms with E-state index in [-0.39, 0.29) is 36.1 Å². The minimum atomic E-state index is -0.297. The highest BCUT2D eigenvalue weighted by Crippen LogP contribution is 2.37. The summed E-state index contributed by atoms with van der Waals surface area (Å²) in [6, 6.07) is 1.87. The number of amides is 1. The summed E-state index contributed by atoms with van der Waals surface area (Å²) in [7, 11) is 0. The normalized spacial score (nSPS) is 44.0. The fraction of sp³-hybridized carbons (Fsp3) is 0.833. The van der Waals surface area contributed by atoms with E-state index in [0.29, 0.717) is 6.54 Å². The summed E-state index contributed by atoms with van der Waals surface area (Å²) in [5.41, 5.74) is 0. The average Bonchev–Trinajstić information content (AvgIpc) is 3.01. The Labute approximate surface area is 100 Å². The molecule has 1 amide bonds. The number of rotatable bonds is 1. The van der Waals surface area contributed by atoms with Crippen LogP contribution in [0.4, 0.5) is 0 Å². The van der Waals surface area contributed by atoms with Crippen LogP contribution >= 0.6 is 0 Å². The monoisotopic (exact) mass is 235 g/mol. The van der Waals surface area contributed by atoms with Crippen LogP contribution in [0, 0.1) is 17.2 Å². The van der Waals surface area contributed by atoms with Gasteiger partial charge in [0.1, 0.15) is 6.04 Å². The van der Waals surface area contributed by atoms with E-state index in [0.717, 1.165) is 25.7 Å². The van der Waals surface area contributed by atoms with Crippen LogP contribution in [0.15, 0.2) is 0 Å². The van der Waals surface area contributed by atoms with Crippen LogP contribution in [-0.4, -0.2) is 46.7 Å². The third-order valence-corrected chi connectivity index (χ3v) is 4.38. The summed E-state index contributed by atoms with van der Waals surface area (Å²) in [6.07, 6.45) is 3.04. The molecule has 2 aliphatic heterocycles. The Morgan fingerprint density at radius 3 is 2.88 bits per heavy atom. The lowest BCUT2D eigenvalue weighted by Crippen LogP contribution is -2.53. The van der Waals surface area contributed by atoms with Crippen molar-refractivity contribution in [3.05, 3.63) is 0 Å². The quantitative estimate of drug-likeness (QED) is 0.649. The van der Waals surface area contributed by atoms with Gasteiger partial charge in [-0.2, -0.15) is 5.26 Å². The molecular weight excluding hydrogens is 218 g/mol. The first kappa shape index (κ1) is 11.0. The van der Waals surface area contributed by atoms with Crippen molar-refractivity contribution in [1.82, 2.24) is 10.2 Å². The number of nitrogens with zero attached hydrogens (tertiary/aromatic N) is 2. The molecule has 3 aliphatic rings. The lowest BCUT2D eigenvalue weighted by molar-refractivity contribution is -0.134. The van der Waals surface area contributed by atoms with Gasteiger partial charge < -0.3 is 15.3 Å². The molecule has 5 nitrogen and oxygen atoms in total. The maximum absolute atomic E-state index is 12.3. The molecule has 1 saturated carbocycles. The summed E-state index contributed by atoms with van der Waals surface area (Å²) in [5, 5.41) is 21.9. The Morgan fingerprint density at radius 1 is 1.47 bits per heavy atom. The van der Waals surface area contributed by atoms with Crippen LogP contribution in [-0.2, 0) is 4.79 Å². The molecule has 5 atom stereocenters. The predicted octanol–water partition coefficient (Wildman–Crippen LogP) is -0.388. The number of nitriles is 1. The van der Waals surface area contributed by atoms with Crippen molar-refractivity contribution < 1.29 is 9.90 Å². The maximum atomic E-state index is 12.3. The molecule has 0 aromatic carbocycles. The standard InChI is InChI=1S/C12H17N3O2/c13-6-8-2-1-3-15(8)12(17)11-7-4-9(14-11)10(16)5-7/h7-11,14,16H,1-5H2/t7-,8?,9+,10-,11-/m0/s1. The second-order valence-corrected chi connectivity index (χ2v) is 5.37. The Balaban J connectivity index is 1.70. The van der Waals surface area contributed by atoms with Crippen LogP contribution in [0.25, 0.3) is 0 Å². The van der Waals surface area contributed by atoms with Crippen molar-refractivity contribution in [3.8, 4) is 6.07 Å². The zero-order valence-corrected chi connectivity index (χ0v) is 9.67. The van der Waals surface area contributed by atoms with Gasteiger partial charge >= 0.3 is 0 Å². The van der Waals surface area contributed by atoms with Gasteiger partial charge in [-0.25, -0.2) is 0 Å². The molecule has 2 N–H and O–H groups in total. The van der Waals surface area contributed by atoms with Gasteiger partial charge in [0, 0.05) is 12.6 Å². The molecule has 92 valence electrons. The van der Waals surface area contributed by atoms with Gasteiger partial charge in [0.15, 0.2) is 0 Å². The van der Waals surface area contributed by atoms with Crippen LogP contribution < -0.4 is 5.32 Å². The zero-order chi connectivity index (χ0) is 12.0. The summed E-state index contributed by atoms with van der Waals surface area (Å²) in [5.74, 6) is 0.316. The van der Waals surface area contributed by atoms with Crippen molar-refractivity contribution in [2.24, 2.45) is 5.92 Å². The number of likely N-dealkylation sites (tertiary alicyclic amines) is 1. The minimum absolute atomic E-state index is 0.0634. The third kappa shape index (κ3) is 1.63. The number of hydrogen-bond donors (Lipinski definition) is 2. The van der Waals surface area contributed by atoms with E-state index in [1.54, 1.807) is 4.90 Å². The van der Waals surface area contributed by atoms with Gasteiger partial charge in [0.05, 0.1) is 18.2 Å². The number of aliphatic hydroxyl groups is 1. The molecule has 2 heterocycles. The van der Waals surface area contributed by atoms with E-state index in [2.05, 4.69) is 11.4 Å². The lowest BCUT2D eigenvalue weighted by Gasteiger charge is -2.30. The van der Waals surface area contributed by atoms with Crippen LogP contribution in [0.5, 0.6) is 0 Å². The summed E-state index contributed by atoms with van der Waals surface area (Å²) in [4.78, 5) is 14.1. The molecule has 0 aromatic rings. The van der Waals surface area contributed by atoms with Gasteiger partial charge in [-0.1, -0.05) is 0 Å². The van der Waals surface area contributed by atoms with Crippen LogP contribution in [0.1, 0.15) is 25.7 Å². The van der Waals surface area contributed by atoms with Crippen LogP contribution in [0.2, 0.25) is 0 Å². The molecular formula is C12H17N3O2. The number of aliphatic hydroxyl groups excluding tert-OH is 1. The number of nitrogens with one attached hydrogen (secondary N) is 1. The Morgan fingerprint density at radius 2 is 2.29 bits per heavy atom. The highest BCUT2D eigenvalue weighted by Gasteiger charge is 2.49. The molecule has 17 heavy (non-hydrogen) atoms. The summed E-state index contributed by atoms with van der Waals surface area (Å²) in [6.45, 7) is 0.704. The zero-order valence-electron chi connectivity index (χ0n) is 9.67. The van der Waals surface area contributed by atoms with Gasteiger partial charge in [0.25, 0.3) is 0 Å². The Hall–Kier alpha value is -1.12. The van der Waals surface area contributed by atoms with E-state index in [9.17, 15) is 9.90 Å². The topological polar surface area (TPSA) is 76.4 Å². The SMILES string of the molecule is N#CC1CCCN1C(=O)[C@H]1N[C@@H]2C[C@H]1C[C@@H]2O. The Kier molecular flexibility index (Phi) is 2.57. The van der Waals surface area contributed by atoms with E-state index in [4.69, 9.17) is 5.26 Å². The molecule has 2 saturated heterocycles. The van der Waals surface area contributed by atoms with E-state index in [1.165, 1.54) is 0 Å². The predicted molar refractivity (Wildman–Crippen MR) is 59.8 cm³/mol. The number of fused-ring (bicyclic) bond motifs is 2. The van der Waals surface area contributed by atoms with Crippen molar-refractivity contribution in [2.75, 3.05) is 6.54 Å². The fourth-order valence-corrected chi connectivity index (χ4v) is 3.49. The number of piperidine rings is 1. The van der Waals surface area contributed by atoms with Gasteiger partial charge in [-0.3, -0.25) is 4.79 Å². The number of carbonyl (C=O) groups excluding carboxylic acids is 1. The van der Waals surface area contributed by atoms with Crippen molar-refractivity contribution >= 4 is 5.91 Å². The third-order valence-electron chi connectivity index (χ3n) is 4.38. The van der Waals surface area contributed by atoms with Crippen LogP contribution in [0.3, 0.4) is 0 Å². The second-order valence-electron chi connectivity index (χ2n) is 5.37. The van der Waals surface area contributed by atoms with E-state index >= 15 is 0 Å². The highest BCUT2D eigenvalue weighted by atomic mass is 16.3. The first-order valence-electron chi connectivity index (χ1n) is 6.35. The minimum Gasteiger partial charge on any atom is -0.391 e. The second kappa shape index (κ2) is 3.97. The molecule has 1 aliphatic carbocycles. The van der Waals surface area contributed by atoms with E-state index in [1.807, 2.05) is 0 Å². The van der Waals surface area contributed by atoms with Gasteiger partial charge in [0.2, 0.25) is 5.91 Å². The summed E-state index contributed by atoms with van der Waals surface area (Å²) >= 11 is 0. The van der Waals surface area contributed by atoms with E-state index < -0.39 is 0 Å². The largest absolute Gasteiger partial charge is 0.391 e. The smallest absolute Gasteiger partial charge is 0.241 e. The number of hydrogen-bond acceptors (Lipinski definition) is 4. The molecule has 0 aromatic heterocycles. The summed E-state index contributed by atoms with van der Waals surface area (Å²) < 4.78 is 0. The molecule has 1 unspecified atom stereocenters. The van der Waals surface area contributed by atoms with Crippen molar-refractivity contribution in [3.63, 3.8) is 0 Å².